The van der Waals surface area contributed by atoms with Crippen LogP contribution in [-0.2, 0) is 9.47 Å². The minimum absolute atomic E-state index is 0.0568. The van der Waals surface area contributed by atoms with Gasteiger partial charge in [0, 0.05) is 0 Å². The zero-order valence-electron chi connectivity index (χ0n) is 5.18. The molecule has 0 aromatic heterocycles. The van der Waals surface area contributed by atoms with Crippen molar-refractivity contribution in [3.8, 4) is 0 Å². The summed E-state index contributed by atoms with van der Waals surface area (Å²) in [6.07, 6.45) is 1.69. The van der Waals surface area contributed by atoms with Crippen molar-refractivity contribution in [2.24, 2.45) is 0 Å². The zero-order valence-corrected chi connectivity index (χ0v) is 5.18. The van der Waals surface area contributed by atoms with Crippen molar-refractivity contribution < 1.29 is 9.47 Å². The predicted octanol–water partition coefficient (Wildman–Crippen LogP) is 1.28. The Labute approximate surface area is 49.1 Å². The average Bonchev–Trinajstić information content (AvgIpc) is 1.77. The third-order valence-electron chi connectivity index (χ3n) is 1.01. The highest BCUT2D eigenvalue weighted by Gasteiger charge is 2.05. The Morgan fingerprint density at radius 2 is 2.50 bits per heavy atom. The molecule has 1 heterocycles. The molecular weight excluding hydrogens is 104 g/mol. The molecule has 0 amide bonds. The Kier molecular flexibility index (Phi) is 1.53. The van der Waals surface area contributed by atoms with Gasteiger partial charge in [0.05, 0.1) is 12.9 Å². The van der Waals surface area contributed by atoms with E-state index < -0.39 is 0 Å². The molecule has 1 aliphatic rings. The van der Waals surface area contributed by atoms with Crippen molar-refractivity contribution in [1.82, 2.24) is 0 Å². The van der Waals surface area contributed by atoms with Crippen LogP contribution in [0.15, 0.2) is 11.8 Å². The highest BCUT2D eigenvalue weighted by molar-refractivity contribution is 4.94. The molecule has 46 valence electrons. The minimum Gasteiger partial charge on any atom is -0.473 e. The summed E-state index contributed by atoms with van der Waals surface area (Å²) in [5.74, 6) is 0. The fourth-order valence-electron chi connectivity index (χ4n) is 0.534. The second kappa shape index (κ2) is 2.18. The maximum absolute atomic E-state index is 5.10. The summed E-state index contributed by atoms with van der Waals surface area (Å²) in [7, 11) is 0. The van der Waals surface area contributed by atoms with Gasteiger partial charge in [0.1, 0.15) is 0 Å². The topological polar surface area (TPSA) is 18.5 Å². The lowest BCUT2D eigenvalue weighted by molar-refractivity contribution is -0.101. The highest BCUT2D eigenvalue weighted by atomic mass is 16.7. The van der Waals surface area contributed by atoms with Gasteiger partial charge in [-0.3, -0.25) is 0 Å². The molecule has 2 heteroatoms. The summed E-state index contributed by atoms with van der Waals surface area (Å²) >= 11 is 0. The van der Waals surface area contributed by atoms with E-state index in [2.05, 4.69) is 0 Å². The fraction of sp³-hybridized carbons (Fsp3) is 0.667. The molecular formula is C6H10O2. The van der Waals surface area contributed by atoms with Crippen molar-refractivity contribution in [1.29, 1.82) is 0 Å². The van der Waals surface area contributed by atoms with Gasteiger partial charge in [0.2, 0.25) is 0 Å². The lowest BCUT2D eigenvalue weighted by Crippen LogP contribution is -2.16. The van der Waals surface area contributed by atoms with Crippen LogP contribution in [-0.4, -0.2) is 12.9 Å². The van der Waals surface area contributed by atoms with Gasteiger partial charge in [0.25, 0.3) is 0 Å². The van der Waals surface area contributed by atoms with E-state index >= 15 is 0 Å². The molecule has 1 atom stereocenters. The van der Waals surface area contributed by atoms with Crippen LogP contribution in [0.1, 0.15) is 13.8 Å². The summed E-state index contributed by atoms with van der Waals surface area (Å²) in [6, 6.07) is 0. The van der Waals surface area contributed by atoms with Crippen LogP contribution in [0.3, 0.4) is 0 Å². The van der Waals surface area contributed by atoms with Crippen molar-refractivity contribution in [2.45, 2.75) is 20.1 Å². The highest BCUT2D eigenvalue weighted by Crippen LogP contribution is 2.06. The van der Waals surface area contributed by atoms with Crippen molar-refractivity contribution >= 4 is 0 Å². The van der Waals surface area contributed by atoms with Crippen LogP contribution < -0.4 is 0 Å². The fourth-order valence-corrected chi connectivity index (χ4v) is 0.534. The molecule has 0 aromatic rings. The molecule has 0 bridgehead atoms. The van der Waals surface area contributed by atoms with E-state index in [1.54, 1.807) is 6.26 Å². The SMILES string of the molecule is CC1=COC(C)OC1. The van der Waals surface area contributed by atoms with E-state index in [-0.39, 0.29) is 6.29 Å². The van der Waals surface area contributed by atoms with Gasteiger partial charge in [-0.15, -0.1) is 0 Å². The van der Waals surface area contributed by atoms with E-state index in [9.17, 15) is 0 Å². The van der Waals surface area contributed by atoms with Gasteiger partial charge in [-0.2, -0.15) is 0 Å². The first-order valence-electron chi connectivity index (χ1n) is 2.72. The molecule has 0 saturated heterocycles. The van der Waals surface area contributed by atoms with Crippen LogP contribution in [0.5, 0.6) is 0 Å². The predicted molar refractivity (Wildman–Crippen MR) is 30.3 cm³/mol. The largest absolute Gasteiger partial charge is 0.473 e. The first-order valence-corrected chi connectivity index (χ1v) is 2.72. The second-order valence-electron chi connectivity index (χ2n) is 1.98. The van der Waals surface area contributed by atoms with E-state index in [1.165, 1.54) is 0 Å². The number of hydrogen-bond acceptors (Lipinski definition) is 2. The van der Waals surface area contributed by atoms with Gasteiger partial charge in [-0.1, -0.05) is 0 Å². The normalized spacial score (nSPS) is 28.8. The maximum atomic E-state index is 5.10. The Hall–Kier alpha value is -0.500. The van der Waals surface area contributed by atoms with Crippen molar-refractivity contribution in [3.63, 3.8) is 0 Å². The number of rotatable bonds is 0. The van der Waals surface area contributed by atoms with E-state index in [1.807, 2.05) is 13.8 Å². The molecule has 1 rings (SSSR count). The molecule has 0 radical (unpaired) electrons. The molecule has 2 nitrogen and oxygen atoms in total. The first kappa shape index (κ1) is 5.63. The molecule has 8 heavy (non-hydrogen) atoms. The standard InChI is InChI=1S/C6H10O2/c1-5-3-7-6(2)8-4-5/h3,6H,4H2,1-2H3. The third kappa shape index (κ3) is 1.23. The van der Waals surface area contributed by atoms with Crippen molar-refractivity contribution in [2.75, 3.05) is 6.61 Å². The van der Waals surface area contributed by atoms with Gasteiger partial charge < -0.3 is 9.47 Å². The molecule has 0 N–H and O–H groups in total. The molecule has 1 unspecified atom stereocenters. The first-order chi connectivity index (χ1) is 3.79. The maximum Gasteiger partial charge on any atom is 0.196 e. The third-order valence-corrected chi connectivity index (χ3v) is 1.01. The van der Waals surface area contributed by atoms with Crippen molar-refractivity contribution in [3.05, 3.63) is 11.8 Å². The summed E-state index contributed by atoms with van der Waals surface area (Å²) in [4.78, 5) is 0. The summed E-state index contributed by atoms with van der Waals surface area (Å²) in [6.45, 7) is 4.57. The molecule has 1 aliphatic heterocycles. The van der Waals surface area contributed by atoms with Gasteiger partial charge in [0.15, 0.2) is 6.29 Å². The number of hydrogen-bond donors (Lipinski definition) is 0. The second-order valence-corrected chi connectivity index (χ2v) is 1.98. The zero-order chi connectivity index (χ0) is 5.98. The van der Waals surface area contributed by atoms with Gasteiger partial charge >= 0.3 is 0 Å². The Morgan fingerprint density at radius 3 is 2.88 bits per heavy atom. The van der Waals surface area contributed by atoms with Crippen LogP contribution in [0.2, 0.25) is 0 Å². The van der Waals surface area contributed by atoms with Crippen LogP contribution >= 0.6 is 0 Å². The monoisotopic (exact) mass is 114 g/mol. The Balaban J connectivity index is 2.42. The van der Waals surface area contributed by atoms with Crippen LogP contribution in [0, 0.1) is 0 Å². The van der Waals surface area contributed by atoms with Gasteiger partial charge in [-0.05, 0) is 19.4 Å². The molecule has 0 fully saturated rings. The van der Waals surface area contributed by atoms with E-state index in [4.69, 9.17) is 9.47 Å². The lowest BCUT2D eigenvalue weighted by atomic mass is 10.3. The average molecular weight is 114 g/mol. The Morgan fingerprint density at radius 1 is 1.75 bits per heavy atom. The Bertz CT molecular complexity index is 107. The molecule has 0 spiro atoms. The quantitative estimate of drug-likeness (QED) is 0.472. The lowest BCUT2D eigenvalue weighted by Gasteiger charge is -2.17. The van der Waals surface area contributed by atoms with Crippen LogP contribution in [0.25, 0.3) is 0 Å². The van der Waals surface area contributed by atoms with E-state index in [0.29, 0.717) is 6.61 Å². The summed E-state index contributed by atoms with van der Waals surface area (Å²) < 4.78 is 10.1. The smallest absolute Gasteiger partial charge is 0.196 e. The summed E-state index contributed by atoms with van der Waals surface area (Å²) in [5, 5.41) is 0. The molecule has 0 saturated carbocycles. The van der Waals surface area contributed by atoms with Gasteiger partial charge in [-0.25, -0.2) is 0 Å². The molecule has 0 aliphatic carbocycles. The van der Waals surface area contributed by atoms with Crippen LogP contribution in [0.4, 0.5) is 0 Å². The van der Waals surface area contributed by atoms with E-state index in [0.717, 1.165) is 5.57 Å². The minimum atomic E-state index is -0.0568. The number of ether oxygens (including phenoxy) is 2. The molecule has 0 aromatic carbocycles. The summed E-state index contributed by atoms with van der Waals surface area (Å²) in [5.41, 5.74) is 1.14.